The third-order valence-corrected chi connectivity index (χ3v) is 5.48. The first-order chi connectivity index (χ1) is 13.2. The number of benzene rings is 1. The van der Waals surface area contributed by atoms with Crippen LogP contribution in [0.1, 0.15) is 6.42 Å². The Morgan fingerprint density at radius 2 is 2.11 bits per heavy atom. The quantitative estimate of drug-likeness (QED) is 0.481. The Morgan fingerprint density at radius 1 is 1.32 bits per heavy atom. The van der Waals surface area contributed by atoms with Crippen LogP contribution in [0.4, 0.5) is 18.9 Å². The van der Waals surface area contributed by atoms with Crippen LogP contribution in [0.15, 0.2) is 35.5 Å². The molecule has 1 atom stereocenters. The van der Waals surface area contributed by atoms with Crippen molar-refractivity contribution in [2.24, 2.45) is 0 Å². The zero-order valence-electron chi connectivity index (χ0n) is 14.2. The predicted molar refractivity (Wildman–Crippen MR) is 102 cm³/mol. The van der Waals surface area contributed by atoms with Gasteiger partial charge in [-0.15, -0.1) is 0 Å². The molecule has 3 aromatic rings. The SMILES string of the molecule is O=S(Nc1cnn(CCCOCC(F)(F)F)c1Cl)c1c[nH]c2cc(Cl)ccc12. The summed E-state index contributed by atoms with van der Waals surface area (Å²) in [6.45, 7) is -1.11. The lowest BCUT2D eigenvalue weighted by Crippen LogP contribution is -2.18. The normalized spacial score (nSPS) is 13.2. The summed E-state index contributed by atoms with van der Waals surface area (Å²) in [4.78, 5) is 3.52. The van der Waals surface area contributed by atoms with Crippen LogP contribution in [-0.4, -0.2) is 38.4 Å². The third-order valence-electron chi connectivity index (χ3n) is 3.71. The zero-order valence-corrected chi connectivity index (χ0v) is 16.6. The molecule has 0 saturated heterocycles. The van der Waals surface area contributed by atoms with Crippen molar-refractivity contribution in [1.29, 1.82) is 0 Å². The molecule has 0 fully saturated rings. The highest BCUT2D eigenvalue weighted by atomic mass is 35.5. The van der Waals surface area contributed by atoms with E-state index >= 15 is 0 Å². The highest BCUT2D eigenvalue weighted by molar-refractivity contribution is 7.86. The number of rotatable bonds is 8. The molecule has 12 heteroatoms. The highest BCUT2D eigenvalue weighted by Gasteiger charge is 2.27. The molecule has 0 aliphatic carbocycles. The molecule has 2 heterocycles. The average Bonchev–Trinajstić information content (AvgIpc) is 3.18. The van der Waals surface area contributed by atoms with E-state index in [4.69, 9.17) is 23.2 Å². The van der Waals surface area contributed by atoms with E-state index in [1.54, 1.807) is 24.4 Å². The second kappa shape index (κ2) is 8.73. The van der Waals surface area contributed by atoms with Gasteiger partial charge in [0.2, 0.25) is 0 Å². The van der Waals surface area contributed by atoms with E-state index in [2.05, 4.69) is 19.5 Å². The number of ether oxygens (including phenoxy) is 1. The maximum Gasteiger partial charge on any atom is 0.411 e. The number of aromatic amines is 1. The molecule has 152 valence electrons. The monoisotopic (exact) mass is 454 g/mol. The minimum Gasteiger partial charge on any atom is -0.372 e. The van der Waals surface area contributed by atoms with E-state index in [0.29, 0.717) is 22.0 Å². The third kappa shape index (κ3) is 5.19. The Bertz CT molecular complexity index is 990. The summed E-state index contributed by atoms with van der Waals surface area (Å²) in [7, 11) is -1.61. The van der Waals surface area contributed by atoms with Crippen LogP contribution in [0, 0.1) is 0 Å². The van der Waals surface area contributed by atoms with Crippen molar-refractivity contribution in [3.05, 3.63) is 40.8 Å². The Kier molecular flexibility index (Phi) is 6.54. The smallest absolute Gasteiger partial charge is 0.372 e. The first kappa shape index (κ1) is 21.0. The first-order valence-corrected chi connectivity index (χ1v) is 9.96. The van der Waals surface area contributed by atoms with E-state index in [1.165, 1.54) is 10.9 Å². The molecule has 6 nitrogen and oxygen atoms in total. The van der Waals surface area contributed by atoms with E-state index in [9.17, 15) is 17.4 Å². The predicted octanol–water partition coefficient (Wildman–Crippen LogP) is 4.77. The maximum absolute atomic E-state index is 12.7. The number of halogens is 5. The van der Waals surface area contributed by atoms with E-state index in [-0.39, 0.29) is 18.3 Å². The van der Waals surface area contributed by atoms with Crippen LogP contribution >= 0.6 is 23.2 Å². The van der Waals surface area contributed by atoms with Gasteiger partial charge in [0, 0.05) is 35.3 Å². The Morgan fingerprint density at radius 3 is 2.86 bits per heavy atom. The van der Waals surface area contributed by atoms with Crippen molar-refractivity contribution >= 4 is 50.8 Å². The summed E-state index contributed by atoms with van der Waals surface area (Å²) < 4.78 is 57.4. The highest BCUT2D eigenvalue weighted by Crippen LogP contribution is 2.27. The molecule has 2 N–H and O–H groups in total. The van der Waals surface area contributed by atoms with Gasteiger partial charge in [0.15, 0.2) is 16.1 Å². The lowest BCUT2D eigenvalue weighted by atomic mass is 10.2. The van der Waals surface area contributed by atoms with Gasteiger partial charge in [-0.2, -0.15) is 18.3 Å². The van der Waals surface area contributed by atoms with Gasteiger partial charge in [-0.1, -0.05) is 29.3 Å². The van der Waals surface area contributed by atoms with Crippen LogP contribution in [0.5, 0.6) is 0 Å². The molecular weight excluding hydrogens is 440 g/mol. The number of nitrogens with one attached hydrogen (secondary N) is 2. The molecule has 0 saturated carbocycles. The second-order valence-electron chi connectivity index (χ2n) is 5.81. The maximum atomic E-state index is 12.7. The molecule has 0 radical (unpaired) electrons. The van der Waals surface area contributed by atoms with Crippen LogP contribution in [-0.2, 0) is 22.3 Å². The summed E-state index contributed by atoms with van der Waals surface area (Å²) in [6, 6.07) is 5.18. The molecule has 2 aromatic heterocycles. The molecule has 3 rings (SSSR count). The molecular formula is C16H15Cl2F3N4O2S. The van der Waals surface area contributed by atoms with Gasteiger partial charge in [0.25, 0.3) is 0 Å². The van der Waals surface area contributed by atoms with Gasteiger partial charge in [0.05, 0.1) is 11.1 Å². The summed E-state index contributed by atoms with van der Waals surface area (Å²) in [5, 5.41) is 5.57. The van der Waals surface area contributed by atoms with Crippen LogP contribution in [0.2, 0.25) is 10.2 Å². The van der Waals surface area contributed by atoms with Crippen LogP contribution < -0.4 is 4.72 Å². The number of nitrogens with zero attached hydrogens (tertiary/aromatic N) is 2. The van der Waals surface area contributed by atoms with Gasteiger partial charge in [-0.3, -0.25) is 9.40 Å². The number of anilines is 1. The van der Waals surface area contributed by atoms with Crippen molar-refractivity contribution in [3.63, 3.8) is 0 Å². The Balaban J connectivity index is 1.59. The molecule has 28 heavy (non-hydrogen) atoms. The number of H-pyrrole nitrogens is 1. The van der Waals surface area contributed by atoms with Gasteiger partial charge >= 0.3 is 6.18 Å². The first-order valence-electron chi connectivity index (χ1n) is 8.05. The minimum atomic E-state index is -4.35. The fourth-order valence-corrected chi connectivity index (χ4v) is 3.93. The minimum absolute atomic E-state index is 0.0811. The molecule has 1 unspecified atom stereocenters. The number of hydrogen-bond donors (Lipinski definition) is 2. The van der Waals surface area contributed by atoms with Crippen LogP contribution in [0.25, 0.3) is 10.9 Å². The van der Waals surface area contributed by atoms with Gasteiger partial charge < -0.3 is 9.72 Å². The van der Waals surface area contributed by atoms with Crippen molar-refractivity contribution in [1.82, 2.24) is 14.8 Å². The summed E-state index contributed by atoms with van der Waals surface area (Å²) >= 11 is 12.2. The Hall–Kier alpha value is -1.75. The summed E-state index contributed by atoms with van der Waals surface area (Å²) in [6.07, 6.45) is -1.04. The standard InChI is InChI=1S/C16H15Cl2F3N4O2S/c17-10-2-3-11-12(6-10)22-8-14(11)28(26)24-13-7-23-25(15(13)18)4-1-5-27-9-16(19,20)21/h2-3,6-8,22,24H,1,4-5,9H2. The summed E-state index contributed by atoms with van der Waals surface area (Å²) in [5.41, 5.74) is 1.10. The number of fused-ring (bicyclic) bond motifs is 1. The number of aryl methyl sites for hydroxylation is 1. The molecule has 0 bridgehead atoms. The molecule has 0 aliphatic heterocycles. The summed E-state index contributed by atoms with van der Waals surface area (Å²) in [5.74, 6) is 0. The average molecular weight is 455 g/mol. The second-order valence-corrected chi connectivity index (χ2v) is 7.78. The largest absolute Gasteiger partial charge is 0.411 e. The number of aromatic nitrogens is 3. The van der Waals surface area contributed by atoms with Gasteiger partial charge in [0.1, 0.15) is 12.3 Å². The van der Waals surface area contributed by atoms with Gasteiger partial charge in [-0.05, 0) is 18.6 Å². The van der Waals surface area contributed by atoms with Crippen molar-refractivity contribution < 1.29 is 22.1 Å². The van der Waals surface area contributed by atoms with Crippen LogP contribution in [0.3, 0.4) is 0 Å². The van der Waals surface area contributed by atoms with E-state index in [0.717, 1.165) is 10.9 Å². The lowest BCUT2D eigenvalue weighted by Gasteiger charge is -2.08. The molecule has 1 aromatic carbocycles. The Labute approximate surface area is 170 Å². The topological polar surface area (TPSA) is 71.9 Å². The molecule has 0 aliphatic rings. The molecule has 0 amide bonds. The van der Waals surface area contributed by atoms with Crippen molar-refractivity contribution in [2.75, 3.05) is 17.9 Å². The molecule has 0 spiro atoms. The fraction of sp³-hybridized carbons (Fsp3) is 0.312. The van der Waals surface area contributed by atoms with E-state index in [1.807, 2.05) is 0 Å². The van der Waals surface area contributed by atoms with E-state index < -0.39 is 23.8 Å². The zero-order chi connectivity index (χ0) is 20.3. The van der Waals surface area contributed by atoms with Crippen molar-refractivity contribution in [2.45, 2.75) is 24.0 Å². The van der Waals surface area contributed by atoms with Gasteiger partial charge in [-0.25, -0.2) is 4.21 Å². The fourth-order valence-electron chi connectivity index (χ4n) is 2.48. The number of hydrogen-bond acceptors (Lipinski definition) is 3. The number of alkyl halides is 3. The lowest BCUT2D eigenvalue weighted by molar-refractivity contribution is -0.174. The van der Waals surface area contributed by atoms with Crippen molar-refractivity contribution in [3.8, 4) is 0 Å².